The van der Waals surface area contributed by atoms with Crippen LogP contribution in [0.2, 0.25) is 0 Å². The highest BCUT2D eigenvalue weighted by Gasteiger charge is 2.21. The second-order valence-electron chi connectivity index (χ2n) is 9.22. The topological polar surface area (TPSA) is 96.0 Å². The Morgan fingerprint density at radius 3 is 1.55 bits per heavy atom. The van der Waals surface area contributed by atoms with E-state index >= 15 is 0 Å². The maximum atomic E-state index is 12.8. The number of carbonyl (C=O) groups is 2. The minimum atomic E-state index is -3.80. The van der Waals surface area contributed by atoms with Gasteiger partial charge in [-0.1, -0.05) is 20.8 Å². The summed E-state index contributed by atoms with van der Waals surface area (Å²) in [5.74, 6) is 0.0484. The third-order valence-corrected chi connectivity index (χ3v) is 5.55. The summed E-state index contributed by atoms with van der Waals surface area (Å²) in [5.41, 5.74) is -0.909. The molecule has 0 N–H and O–H groups in total. The maximum absolute atomic E-state index is 12.8. The van der Waals surface area contributed by atoms with Gasteiger partial charge in [0, 0.05) is 0 Å². The average Bonchev–Trinajstić information content (AvgIpc) is 2.59. The SMILES string of the molecule is CC(C)(C)CC(=O)Oc1ccc(S(=O)(=O)c2ccc(OC(=O)OC(C)(C)C)cc2)cc1. The Labute approximate surface area is 183 Å². The molecule has 0 spiro atoms. The fourth-order valence-electron chi connectivity index (χ4n) is 2.48. The molecule has 0 bridgehead atoms. The van der Waals surface area contributed by atoms with Crippen molar-refractivity contribution in [3.63, 3.8) is 0 Å². The van der Waals surface area contributed by atoms with E-state index in [9.17, 15) is 18.0 Å². The highest BCUT2D eigenvalue weighted by atomic mass is 32.2. The Balaban J connectivity index is 2.09. The lowest BCUT2D eigenvalue weighted by Crippen LogP contribution is -2.25. The summed E-state index contributed by atoms with van der Waals surface area (Å²) in [6, 6.07) is 11.1. The second-order valence-corrected chi connectivity index (χ2v) is 11.2. The highest BCUT2D eigenvalue weighted by molar-refractivity contribution is 7.91. The predicted octanol–water partition coefficient (Wildman–Crippen LogP) is 5.17. The molecule has 0 heterocycles. The Morgan fingerprint density at radius 2 is 1.16 bits per heavy atom. The van der Waals surface area contributed by atoms with E-state index in [4.69, 9.17) is 14.2 Å². The van der Waals surface area contributed by atoms with Crippen LogP contribution in [-0.2, 0) is 19.4 Å². The largest absolute Gasteiger partial charge is 0.514 e. The van der Waals surface area contributed by atoms with Crippen molar-refractivity contribution in [3.05, 3.63) is 48.5 Å². The van der Waals surface area contributed by atoms with E-state index < -0.39 is 21.6 Å². The first-order chi connectivity index (χ1) is 14.2. The lowest BCUT2D eigenvalue weighted by Gasteiger charge is -2.18. The Kier molecular flexibility index (Phi) is 7.16. The van der Waals surface area contributed by atoms with Crippen molar-refractivity contribution in [1.29, 1.82) is 0 Å². The van der Waals surface area contributed by atoms with E-state index in [0.717, 1.165) is 0 Å². The summed E-state index contributed by atoms with van der Waals surface area (Å²) < 4.78 is 41.0. The van der Waals surface area contributed by atoms with Gasteiger partial charge >= 0.3 is 12.1 Å². The summed E-state index contributed by atoms with van der Waals surface area (Å²) >= 11 is 0. The van der Waals surface area contributed by atoms with Crippen molar-refractivity contribution in [1.82, 2.24) is 0 Å². The number of esters is 1. The molecule has 0 aromatic heterocycles. The summed E-state index contributed by atoms with van der Waals surface area (Å²) in [4.78, 5) is 23.7. The van der Waals surface area contributed by atoms with Crippen LogP contribution in [0.1, 0.15) is 48.0 Å². The first-order valence-electron chi connectivity index (χ1n) is 9.72. The fourth-order valence-corrected chi connectivity index (χ4v) is 3.74. The summed E-state index contributed by atoms with van der Waals surface area (Å²) in [5, 5.41) is 0. The Hall–Kier alpha value is -2.87. The molecule has 0 fully saturated rings. The number of ether oxygens (including phenoxy) is 3. The molecule has 0 amide bonds. The van der Waals surface area contributed by atoms with Gasteiger partial charge in [0.25, 0.3) is 0 Å². The van der Waals surface area contributed by atoms with Crippen molar-refractivity contribution in [2.75, 3.05) is 0 Å². The van der Waals surface area contributed by atoms with Gasteiger partial charge in [-0.05, 0) is 74.7 Å². The minimum Gasteiger partial charge on any atom is -0.428 e. The van der Waals surface area contributed by atoms with Gasteiger partial charge in [0.2, 0.25) is 9.84 Å². The van der Waals surface area contributed by atoms with E-state index in [1.807, 2.05) is 20.8 Å². The van der Waals surface area contributed by atoms with Gasteiger partial charge in [-0.15, -0.1) is 0 Å². The molecule has 8 heteroatoms. The molecule has 0 radical (unpaired) electrons. The van der Waals surface area contributed by atoms with Crippen molar-refractivity contribution in [2.45, 2.75) is 63.4 Å². The van der Waals surface area contributed by atoms with Crippen LogP contribution in [0.15, 0.2) is 58.3 Å². The van der Waals surface area contributed by atoms with Gasteiger partial charge in [-0.25, -0.2) is 13.2 Å². The molecular weight excluding hydrogens is 420 g/mol. The second kappa shape index (κ2) is 9.09. The van der Waals surface area contributed by atoms with E-state index in [0.29, 0.717) is 0 Å². The van der Waals surface area contributed by atoms with Crippen molar-refractivity contribution in [3.8, 4) is 11.5 Å². The zero-order valence-electron chi connectivity index (χ0n) is 18.6. The van der Waals surface area contributed by atoms with Crippen molar-refractivity contribution >= 4 is 22.0 Å². The van der Waals surface area contributed by atoms with Crippen LogP contribution < -0.4 is 9.47 Å². The van der Waals surface area contributed by atoms with E-state index in [1.54, 1.807) is 20.8 Å². The third-order valence-electron chi connectivity index (χ3n) is 3.77. The van der Waals surface area contributed by atoms with Gasteiger partial charge < -0.3 is 14.2 Å². The van der Waals surface area contributed by atoms with Crippen LogP contribution in [0.25, 0.3) is 0 Å². The van der Waals surface area contributed by atoms with Crippen LogP contribution in [-0.4, -0.2) is 26.1 Å². The minimum absolute atomic E-state index is 0.0292. The van der Waals surface area contributed by atoms with Gasteiger partial charge in [-0.2, -0.15) is 0 Å². The first kappa shape index (κ1) is 24.4. The maximum Gasteiger partial charge on any atom is 0.514 e. The summed E-state index contributed by atoms with van der Waals surface area (Å²) in [7, 11) is -3.80. The lowest BCUT2D eigenvalue weighted by molar-refractivity contribution is -0.136. The average molecular weight is 449 g/mol. The van der Waals surface area contributed by atoms with Gasteiger partial charge in [0.05, 0.1) is 16.2 Å². The number of hydrogen-bond acceptors (Lipinski definition) is 7. The molecule has 0 saturated heterocycles. The molecule has 0 aliphatic heterocycles. The Morgan fingerprint density at radius 1 is 0.742 bits per heavy atom. The molecule has 0 saturated carbocycles. The van der Waals surface area contributed by atoms with Crippen LogP contribution >= 0.6 is 0 Å². The van der Waals surface area contributed by atoms with Crippen molar-refractivity contribution in [2.24, 2.45) is 5.41 Å². The van der Waals surface area contributed by atoms with Crippen LogP contribution in [0, 0.1) is 5.41 Å². The summed E-state index contributed by atoms with van der Waals surface area (Å²) in [6.45, 7) is 10.9. The first-order valence-corrected chi connectivity index (χ1v) is 11.2. The van der Waals surface area contributed by atoms with Crippen LogP contribution in [0.3, 0.4) is 0 Å². The molecule has 2 aromatic rings. The molecule has 0 aliphatic rings. The fraction of sp³-hybridized carbons (Fsp3) is 0.391. The van der Waals surface area contributed by atoms with Crippen LogP contribution in [0.5, 0.6) is 11.5 Å². The molecule has 0 atom stereocenters. The van der Waals surface area contributed by atoms with Gasteiger partial charge in [-0.3, -0.25) is 4.79 Å². The molecule has 0 unspecified atom stereocenters. The number of rotatable bonds is 5. The molecule has 31 heavy (non-hydrogen) atoms. The zero-order valence-corrected chi connectivity index (χ0v) is 19.4. The molecule has 0 aliphatic carbocycles. The Bertz CT molecular complexity index is 944. The monoisotopic (exact) mass is 448 g/mol. The van der Waals surface area contributed by atoms with Crippen molar-refractivity contribution < 1.29 is 32.2 Å². The third kappa shape index (κ3) is 7.71. The van der Waals surface area contributed by atoms with Gasteiger partial charge in [0.15, 0.2) is 0 Å². The quantitative estimate of drug-likeness (QED) is 0.353. The molecule has 168 valence electrons. The molecular formula is C23H28O7S. The molecule has 2 aromatic carbocycles. The van der Waals surface area contributed by atoms with E-state index in [1.165, 1.54) is 48.5 Å². The number of hydrogen-bond donors (Lipinski definition) is 0. The lowest BCUT2D eigenvalue weighted by atomic mass is 9.92. The van der Waals surface area contributed by atoms with Gasteiger partial charge in [0.1, 0.15) is 17.1 Å². The standard InChI is InChI=1S/C23H28O7S/c1-22(2,3)15-20(24)28-16-7-11-18(12-8-16)31(26,27)19-13-9-17(10-14-19)29-21(25)30-23(4,5)6/h7-14H,15H2,1-6H3. The summed E-state index contributed by atoms with van der Waals surface area (Å²) in [6.07, 6.45) is -0.634. The molecule has 2 rings (SSSR count). The molecule has 7 nitrogen and oxygen atoms in total. The van der Waals surface area contributed by atoms with Crippen LogP contribution in [0.4, 0.5) is 4.79 Å². The number of sulfone groups is 1. The highest BCUT2D eigenvalue weighted by Crippen LogP contribution is 2.26. The zero-order chi connectivity index (χ0) is 23.4. The van der Waals surface area contributed by atoms with E-state index in [-0.39, 0.29) is 39.1 Å². The smallest absolute Gasteiger partial charge is 0.428 e. The predicted molar refractivity (Wildman–Crippen MR) is 115 cm³/mol. The number of benzene rings is 2. The number of carbonyl (C=O) groups excluding carboxylic acids is 2. The normalized spacial score (nSPS) is 12.2. The van der Waals surface area contributed by atoms with E-state index in [2.05, 4.69) is 0 Å².